The fourth-order valence-electron chi connectivity index (χ4n) is 3.45. The predicted molar refractivity (Wildman–Crippen MR) is 109 cm³/mol. The number of anilines is 1. The first-order valence-corrected chi connectivity index (χ1v) is 9.95. The fourth-order valence-corrected chi connectivity index (χ4v) is 4.30. The summed E-state index contributed by atoms with van der Waals surface area (Å²) in [6, 6.07) is 12.1. The van der Waals surface area contributed by atoms with E-state index in [2.05, 4.69) is 10.3 Å². The van der Waals surface area contributed by atoms with E-state index in [9.17, 15) is 14.4 Å². The number of amides is 3. The van der Waals surface area contributed by atoms with Gasteiger partial charge < -0.3 is 14.8 Å². The largest absolute Gasteiger partial charge is 0.454 e. The molecule has 3 heterocycles. The molecule has 0 saturated heterocycles. The van der Waals surface area contributed by atoms with Gasteiger partial charge in [-0.1, -0.05) is 12.1 Å². The van der Waals surface area contributed by atoms with Crippen LogP contribution in [0.3, 0.4) is 0 Å². The molecule has 0 spiro atoms. The summed E-state index contributed by atoms with van der Waals surface area (Å²) in [6.45, 7) is 1.72. The molecular formula is C21H15N3O5S. The molecule has 9 heteroatoms. The third kappa shape index (κ3) is 3.00. The molecule has 1 N–H and O–H groups in total. The number of thiazole rings is 1. The van der Waals surface area contributed by atoms with Gasteiger partial charge in [0.1, 0.15) is 6.54 Å². The van der Waals surface area contributed by atoms with Crippen LogP contribution in [0.2, 0.25) is 0 Å². The lowest BCUT2D eigenvalue weighted by atomic mass is 10.1. The first kappa shape index (κ1) is 18.3. The Hall–Kier alpha value is -3.72. The average Bonchev–Trinajstić information content (AvgIpc) is 3.41. The second-order valence-electron chi connectivity index (χ2n) is 6.78. The summed E-state index contributed by atoms with van der Waals surface area (Å²) in [7, 11) is 0. The lowest BCUT2D eigenvalue weighted by Gasteiger charge is -2.12. The molecule has 5 rings (SSSR count). The Morgan fingerprint density at radius 3 is 2.53 bits per heavy atom. The van der Waals surface area contributed by atoms with Gasteiger partial charge >= 0.3 is 0 Å². The van der Waals surface area contributed by atoms with Gasteiger partial charge in [-0.2, -0.15) is 0 Å². The van der Waals surface area contributed by atoms with Gasteiger partial charge in [0, 0.05) is 10.4 Å². The molecule has 1 aromatic heterocycles. The zero-order valence-corrected chi connectivity index (χ0v) is 16.6. The van der Waals surface area contributed by atoms with Crippen molar-refractivity contribution in [3.8, 4) is 22.8 Å². The summed E-state index contributed by atoms with van der Waals surface area (Å²) in [5.41, 5.74) is 2.18. The number of nitrogens with one attached hydrogen (secondary N) is 1. The molecule has 2 aliphatic rings. The predicted octanol–water partition coefficient (Wildman–Crippen LogP) is 3.08. The number of rotatable bonds is 4. The molecule has 0 saturated carbocycles. The number of benzene rings is 2. The van der Waals surface area contributed by atoms with Gasteiger partial charge in [0.25, 0.3) is 11.8 Å². The summed E-state index contributed by atoms with van der Waals surface area (Å²) in [6.07, 6.45) is 0. The van der Waals surface area contributed by atoms with E-state index in [4.69, 9.17) is 9.47 Å². The smallest absolute Gasteiger partial charge is 0.262 e. The van der Waals surface area contributed by atoms with Crippen LogP contribution in [0, 0.1) is 6.92 Å². The van der Waals surface area contributed by atoms with Crippen molar-refractivity contribution in [1.29, 1.82) is 0 Å². The van der Waals surface area contributed by atoms with E-state index in [0.717, 1.165) is 15.3 Å². The molecule has 2 aliphatic heterocycles. The standard InChI is InChI=1S/C21H15N3O5S/c1-11-18(12-6-7-15-16(8-12)29-10-28-15)23-21(30-11)22-17(25)9-24-19(26)13-4-2-3-5-14(13)20(24)27/h2-8H,9-10H2,1H3,(H,22,23,25). The number of aryl methyl sites for hydroxylation is 1. The number of carbonyl (C=O) groups is 3. The second-order valence-corrected chi connectivity index (χ2v) is 7.99. The maximum atomic E-state index is 12.5. The van der Waals surface area contributed by atoms with Crippen molar-refractivity contribution in [1.82, 2.24) is 9.88 Å². The normalized spacial score (nSPS) is 14.2. The number of nitrogens with zero attached hydrogens (tertiary/aromatic N) is 2. The second kappa shape index (κ2) is 6.96. The summed E-state index contributed by atoms with van der Waals surface area (Å²) >= 11 is 1.31. The Kier molecular flexibility index (Phi) is 4.25. The van der Waals surface area contributed by atoms with Gasteiger partial charge in [-0.05, 0) is 37.3 Å². The topological polar surface area (TPSA) is 97.8 Å². The van der Waals surface area contributed by atoms with E-state index in [1.807, 2.05) is 25.1 Å². The third-order valence-electron chi connectivity index (χ3n) is 4.87. The Balaban J connectivity index is 1.31. The summed E-state index contributed by atoms with van der Waals surface area (Å²) in [4.78, 5) is 43.7. The van der Waals surface area contributed by atoms with Crippen LogP contribution < -0.4 is 14.8 Å². The van der Waals surface area contributed by atoms with Crippen molar-refractivity contribution in [2.24, 2.45) is 0 Å². The molecule has 30 heavy (non-hydrogen) atoms. The van der Waals surface area contributed by atoms with E-state index in [-0.39, 0.29) is 13.3 Å². The summed E-state index contributed by atoms with van der Waals surface area (Å²) in [5, 5.41) is 3.08. The molecule has 0 radical (unpaired) electrons. The van der Waals surface area contributed by atoms with Crippen LogP contribution in [0.15, 0.2) is 42.5 Å². The zero-order chi connectivity index (χ0) is 20.8. The van der Waals surface area contributed by atoms with Crippen LogP contribution >= 0.6 is 11.3 Å². The van der Waals surface area contributed by atoms with E-state index in [1.54, 1.807) is 24.3 Å². The quantitative estimate of drug-likeness (QED) is 0.650. The number of hydrogen-bond donors (Lipinski definition) is 1. The van der Waals surface area contributed by atoms with Crippen molar-refractivity contribution < 1.29 is 23.9 Å². The average molecular weight is 421 g/mol. The number of imide groups is 1. The Morgan fingerprint density at radius 1 is 1.10 bits per heavy atom. The van der Waals surface area contributed by atoms with Gasteiger partial charge in [-0.3, -0.25) is 19.3 Å². The SMILES string of the molecule is Cc1sc(NC(=O)CN2C(=O)c3ccccc3C2=O)nc1-c1ccc2c(c1)OCO2. The molecule has 3 amide bonds. The molecule has 2 aromatic carbocycles. The fraction of sp³-hybridized carbons (Fsp3) is 0.143. The third-order valence-corrected chi connectivity index (χ3v) is 5.76. The van der Waals surface area contributed by atoms with Crippen LogP contribution in [0.25, 0.3) is 11.3 Å². The lowest BCUT2D eigenvalue weighted by molar-refractivity contribution is -0.116. The number of carbonyl (C=O) groups excluding carboxylic acids is 3. The van der Waals surface area contributed by atoms with Crippen LogP contribution in [-0.4, -0.2) is 40.9 Å². The van der Waals surface area contributed by atoms with Crippen LogP contribution in [0.4, 0.5) is 5.13 Å². The Labute approximate surface area is 175 Å². The number of ether oxygens (including phenoxy) is 2. The molecule has 0 aliphatic carbocycles. The number of aromatic nitrogens is 1. The number of fused-ring (bicyclic) bond motifs is 2. The molecule has 3 aromatic rings. The molecule has 0 bridgehead atoms. The van der Waals surface area contributed by atoms with Crippen molar-refractivity contribution in [3.05, 3.63) is 58.5 Å². The van der Waals surface area contributed by atoms with Crippen molar-refractivity contribution in [2.45, 2.75) is 6.92 Å². The van der Waals surface area contributed by atoms with Gasteiger partial charge in [-0.25, -0.2) is 4.98 Å². The maximum absolute atomic E-state index is 12.5. The molecule has 0 atom stereocenters. The van der Waals surface area contributed by atoms with E-state index in [1.165, 1.54) is 11.3 Å². The minimum Gasteiger partial charge on any atom is -0.454 e. The molecule has 0 fully saturated rings. The molecule has 0 unspecified atom stereocenters. The lowest BCUT2D eigenvalue weighted by Crippen LogP contribution is -2.37. The first-order chi connectivity index (χ1) is 14.5. The highest BCUT2D eigenvalue weighted by Gasteiger charge is 2.36. The first-order valence-electron chi connectivity index (χ1n) is 9.14. The zero-order valence-electron chi connectivity index (χ0n) is 15.8. The van der Waals surface area contributed by atoms with Crippen molar-refractivity contribution >= 4 is 34.2 Å². The highest BCUT2D eigenvalue weighted by molar-refractivity contribution is 7.16. The minimum absolute atomic E-state index is 0.188. The van der Waals surface area contributed by atoms with Crippen LogP contribution in [0.5, 0.6) is 11.5 Å². The molecular weight excluding hydrogens is 406 g/mol. The van der Waals surface area contributed by atoms with Crippen molar-refractivity contribution in [2.75, 3.05) is 18.7 Å². The van der Waals surface area contributed by atoms with Crippen molar-refractivity contribution in [3.63, 3.8) is 0 Å². The minimum atomic E-state index is -0.490. The van der Waals surface area contributed by atoms with Gasteiger partial charge in [0.2, 0.25) is 12.7 Å². The summed E-state index contributed by atoms with van der Waals surface area (Å²) in [5.74, 6) is -0.100. The summed E-state index contributed by atoms with van der Waals surface area (Å²) < 4.78 is 10.7. The van der Waals surface area contributed by atoms with Gasteiger partial charge in [0.15, 0.2) is 16.6 Å². The molecule has 8 nitrogen and oxygen atoms in total. The highest BCUT2D eigenvalue weighted by atomic mass is 32.1. The molecule has 150 valence electrons. The highest BCUT2D eigenvalue weighted by Crippen LogP contribution is 2.38. The monoisotopic (exact) mass is 421 g/mol. The van der Waals surface area contributed by atoms with Crippen LogP contribution in [-0.2, 0) is 4.79 Å². The maximum Gasteiger partial charge on any atom is 0.262 e. The Bertz CT molecular complexity index is 1180. The van der Waals surface area contributed by atoms with Gasteiger partial charge in [0.05, 0.1) is 16.8 Å². The van der Waals surface area contributed by atoms with E-state index >= 15 is 0 Å². The van der Waals surface area contributed by atoms with E-state index < -0.39 is 17.7 Å². The van der Waals surface area contributed by atoms with E-state index in [0.29, 0.717) is 33.5 Å². The Morgan fingerprint density at radius 2 is 1.80 bits per heavy atom. The number of hydrogen-bond acceptors (Lipinski definition) is 7. The van der Waals surface area contributed by atoms with Gasteiger partial charge in [-0.15, -0.1) is 11.3 Å². The van der Waals surface area contributed by atoms with Crippen LogP contribution in [0.1, 0.15) is 25.6 Å².